The van der Waals surface area contributed by atoms with Crippen molar-refractivity contribution >= 4 is 22.4 Å². The summed E-state index contributed by atoms with van der Waals surface area (Å²) in [6, 6.07) is 5.38. The second-order valence-corrected chi connectivity index (χ2v) is 6.96. The largest absolute Gasteiger partial charge is 0.490 e. The van der Waals surface area contributed by atoms with Gasteiger partial charge >= 0.3 is 0 Å². The molecule has 1 atom stereocenters. The summed E-state index contributed by atoms with van der Waals surface area (Å²) in [4.78, 5) is 18.3. The summed E-state index contributed by atoms with van der Waals surface area (Å²) in [6.45, 7) is 4.85. The summed E-state index contributed by atoms with van der Waals surface area (Å²) in [5.41, 5.74) is 7.57. The topological polar surface area (TPSA) is 86.5 Å². The van der Waals surface area contributed by atoms with Gasteiger partial charge in [-0.15, -0.1) is 11.3 Å². The van der Waals surface area contributed by atoms with Crippen molar-refractivity contribution in [2.75, 3.05) is 18.5 Å². The van der Waals surface area contributed by atoms with Crippen molar-refractivity contribution in [3.8, 4) is 11.5 Å². The molecule has 25 heavy (non-hydrogen) atoms. The zero-order valence-electron chi connectivity index (χ0n) is 14.5. The first-order chi connectivity index (χ1) is 12.1. The Morgan fingerprint density at radius 3 is 2.84 bits per heavy atom. The number of anilines is 1. The van der Waals surface area contributed by atoms with E-state index in [1.807, 2.05) is 13.8 Å². The van der Waals surface area contributed by atoms with E-state index in [2.05, 4.69) is 10.3 Å². The number of ether oxygens (including phenoxy) is 2. The van der Waals surface area contributed by atoms with E-state index < -0.39 is 0 Å². The highest BCUT2D eigenvalue weighted by molar-refractivity contribution is 7.15. The lowest BCUT2D eigenvalue weighted by atomic mass is 9.99. The quantitative estimate of drug-likeness (QED) is 0.826. The molecule has 0 fully saturated rings. The van der Waals surface area contributed by atoms with Gasteiger partial charge in [0.05, 0.1) is 18.9 Å². The Labute approximate surface area is 151 Å². The molecule has 3 N–H and O–H groups in total. The van der Waals surface area contributed by atoms with Crippen LogP contribution in [0.2, 0.25) is 0 Å². The molecule has 0 spiro atoms. The number of amides is 1. The van der Waals surface area contributed by atoms with Crippen LogP contribution in [0.1, 0.15) is 41.2 Å². The van der Waals surface area contributed by atoms with Crippen LogP contribution in [0.15, 0.2) is 18.2 Å². The Balaban J connectivity index is 1.76. The molecule has 0 unspecified atom stereocenters. The first-order valence-corrected chi connectivity index (χ1v) is 9.37. The Kier molecular flexibility index (Phi) is 5.55. The fourth-order valence-corrected chi connectivity index (χ4v) is 3.91. The average Bonchev–Trinajstić information content (AvgIpc) is 2.98. The molecule has 1 aliphatic carbocycles. The Hall–Kier alpha value is -2.12. The molecule has 0 saturated carbocycles. The maximum atomic E-state index is 12.6. The molecule has 2 aromatic rings. The second-order valence-electron chi connectivity index (χ2n) is 5.87. The lowest BCUT2D eigenvalue weighted by Crippen LogP contribution is -2.27. The van der Waals surface area contributed by atoms with Gasteiger partial charge in [0.25, 0.3) is 5.91 Å². The second kappa shape index (κ2) is 7.84. The van der Waals surface area contributed by atoms with E-state index >= 15 is 0 Å². The van der Waals surface area contributed by atoms with Crippen LogP contribution in [0.4, 0.5) is 5.13 Å². The van der Waals surface area contributed by atoms with E-state index in [-0.39, 0.29) is 11.9 Å². The van der Waals surface area contributed by atoms with Gasteiger partial charge in [-0.1, -0.05) is 0 Å². The number of hydrogen-bond acceptors (Lipinski definition) is 6. The molecule has 7 heteroatoms. The molecule has 0 saturated heterocycles. The zero-order chi connectivity index (χ0) is 17.8. The van der Waals surface area contributed by atoms with Gasteiger partial charge in [0.2, 0.25) is 0 Å². The van der Waals surface area contributed by atoms with Gasteiger partial charge < -0.3 is 15.2 Å². The molecular weight excluding hydrogens is 338 g/mol. The maximum Gasteiger partial charge on any atom is 0.257 e. The molecular formula is C18H23N3O3S. The van der Waals surface area contributed by atoms with Gasteiger partial charge in [-0.2, -0.15) is 0 Å². The van der Waals surface area contributed by atoms with E-state index in [9.17, 15) is 4.79 Å². The maximum absolute atomic E-state index is 12.6. The number of nitrogens with zero attached hydrogens (tertiary/aromatic N) is 1. The van der Waals surface area contributed by atoms with E-state index in [1.165, 1.54) is 16.2 Å². The van der Waals surface area contributed by atoms with Crippen LogP contribution >= 0.6 is 11.3 Å². The van der Waals surface area contributed by atoms with Gasteiger partial charge in [0, 0.05) is 16.5 Å². The number of thiazole rings is 1. The van der Waals surface area contributed by atoms with Crippen molar-refractivity contribution in [2.45, 2.75) is 39.2 Å². The number of nitrogens with one attached hydrogen (secondary N) is 1. The molecule has 6 nitrogen and oxygen atoms in total. The minimum Gasteiger partial charge on any atom is -0.490 e. The molecule has 1 aromatic carbocycles. The van der Waals surface area contributed by atoms with Crippen LogP contribution in [-0.4, -0.2) is 30.1 Å². The van der Waals surface area contributed by atoms with Crippen LogP contribution in [0, 0.1) is 0 Å². The highest BCUT2D eigenvalue weighted by Gasteiger charge is 2.21. The summed E-state index contributed by atoms with van der Waals surface area (Å²) in [5.74, 6) is 1.00. The first kappa shape index (κ1) is 17.7. The number of nitrogens with two attached hydrogens (primary N) is 1. The normalized spacial score (nSPS) is 16.2. The number of aromatic nitrogens is 1. The van der Waals surface area contributed by atoms with Gasteiger partial charge in [-0.25, -0.2) is 4.98 Å². The van der Waals surface area contributed by atoms with Crippen LogP contribution in [0.3, 0.4) is 0 Å². The number of aryl methyl sites for hydroxylation is 1. The molecule has 1 heterocycles. The van der Waals surface area contributed by atoms with Gasteiger partial charge in [-0.05, 0) is 51.3 Å². The van der Waals surface area contributed by atoms with Crippen LogP contribution in [0.25, 0.3) is 0 Å². The molecule has 1 aromatic heterocycles. The lowest BCUT2D eigenvalue weighted by Gasteiger charge is -2.15. The summed E-state index contributed by atoms with van der Waals surface area (Å²) >= 11 is 1.51. The number of benzene rings is 1. The lowest BCUT2D eigenvalue weighted by molar-refractivity contribution is 0.102. The SMILES string of the molecule is CCOc1ccc(C(=O)Nc2nc3c(s2)C[C@@H](N)CC3)cc1OCC. The van der Waals surface area contributed by atoms with Crippen molar-refractivity contribution < 1.29 is 14.3 Å². The molecule has 1 amide bonds. The van der Waals surface area contributed by atoms with Crippen molar-refractivity contribution in [2.24, 2.45) is 5.73 Å². The van der Waals surface area contributed by atoms with E-state index in [4.69, 9.17) is 15.2 Å². The minimum absolute atomic E-state index is 0.191. The van der Waals surface area contributed by atoms with Crippen LogP contribution in [0.5, 0.6) is 11.5 Å². The van der Waals surface area contributed by atoms with Crippen molar-refractivity contribution in [1.82, 2.24) is 4.98 Å². The highest BCUT2D eigenvalue weighted by Crippen LogP contribution is 2.31. The number of carbonyl (C=O) groups excluding carboxylic acids is 1. The number of rotatable bonds is 6. The Bertz CT molecular complexity index is 760. The molecule has 134 valence electrons. The smallest absolute Gasteiger partial charge is 0.257 e. The molecule has 0 aliphatic heterocycles. The number of fused-ring (bicyclic) bond motifs is 1. The molecule has 0 bridgehead atoms. The Morgan fingerprint density at radius 1 is 1.32 bits per heavy atom. The predicted molar refractivity (Wildman–Crippen MR) is 98.8 cm³/mol. The third kappa shape index (κ3) is 4.11. The van der Waals surface area contributed by atoms with Crippen molar-refractivity contribution in [1.29, 1.82) is 0 Å². The first-order valence-electron chi connectivity index (χ1n) is 8.55. The third-order valence-corrected chi connectivity index (χ3v) is 5.04. The van der Waals surface area contributed by atoms with E-state index in [0.717, 1.165) is 25.0 Å². The van der Waals surface area contributed by atoms with Crippen LogP contribution in [-0.2, 0) is 12.8 Å². The van der Waals surface area contributed by atoms with E-state index in [0.29, 0.717) is 35.4 Å². The highest BCUT2D eigenvalue weighted by atomic mass is 32.1. The Morgan fingerprint density at radius 2 is 2.08 bits per heavy atom. The van der Waals surface area contributed by atoms with Crippen molar-refractivity contribution in [3.05, 3.63) is 34.3 Å². The minimum atomic E-state index is -0.209. The average molecular weight is 361 g/mol. The summed E-state index contributed by atoms with van der Waals surface area (Å²) in [6.07, 6.45) is 2.65. The summed E-state index contributed by atoms with van der Waals surface area (Å²) < 4.78 is 11.1. The fourth-order valence-electron chi connectivity index (χ4n) is 2.82. The molecule has 0 radical (unpaired) electrons. The van der Waals surface area contributed by atoms with Crippen LogP contribution < -0.4 is 20.5 Å². The van der Waals surface area contributed by atoms with Gasteiger partial charge in [-0.3, -0.25) is 10.1 Å². The van der Waals surface area contributed by atoms with Gasteiger partial charge in [0.1, 0.15) is 0 Å². The summed E-state index contributed by atoms with van der Waals surface area (Å²) in [7, 11) is 0. The standard InChI is InChI=1S/C18H23N3O3S/c1-3-23-14-8-5-11(9-15(14)24-4-2)17(22)21-18-20-13-7-6-12(19)10-16(13)25-18/h5,8-9,12H,3-4,6-7,10,19H2,1-2H3,(H,20,21,22)/t12-/m0/s1. The van der Waals surface area contributed by atoms with E-state index in [1.54, 1.807) is 18.2 Å². The monoisotopic (exact) mass is 361 g/mol. The number of hydrogen-bond donors (Lipinski definition) is 2. The summed E-state index contributed by atoms with van der Waals surface area (Å²) in [5, 5.41) is 3.50. The number of carbonyl (C=O) groups is 1. The molecule has 3 rings (SSSR count). The zero-order valence-corrected chi connectivity index (χ0v) is 15.3. The third-order valence-electron chi connectivity index (χ3n) is 4.00. The molecule has 1 aliphatic rings. The fraction of sp³-hybridized carbons (Fsp3) is 0.444. The van der Waals surface area contributed by atoms with Gasteiger partial charge in [0.15, 0.2) is 16.6 Å². The van der Waals surface area contributed by atoms with Crippen molar-refractivity contribution in [3.63, 3.8) is 0 Å². The predicted octanol–water partition coefficient (Wildman–Crippen LogP) is 3.01.